The van der Waals surface area contributed by atoms with Gasteiger partial charge in [0, 0.05) is 12.8 Å². The predicted octanol–water partition coefficient (Wildman–Crippen LogP) is 6.36. The van der Waals surface area contributed by atoms with Crippen LogP contribution in [0.25, 0.3) is 0 Å². The second-order valence-corrected chi connectivity index (χ2v) is 8.69. The number of carbonyl (C=O) groups is 2. The molecule has 0 aliphatic heterocycles. The van der Waals surface area contributed by atoms with Crippen LogP contribution in [0.3, 0.4) is 0 Å². The first-order valence-corrected chi connectivity index (χ1v) is 13.0. The largest absolute Gasteiger partial charge is 0.273 e. The Balaban J connectivity index is 1.71. The molecule has 0 saturated carbocycles. The Kier molecular flexibility index (Phi) is 13.7. The van der Waals surface area contributed by atoms with Crippen molar-refractivity contribution in [3.8, 4) is 0 Å². The van der Waals surface area contributed by atoms with Crippen molar-refractivity contribution in [3.05, 3.63) is 71.8 Å². The topological polar surface area (TPSA) is 82.9 Å². The summed E-state index contributed by atoms with van der Waals surface area (Å²) in [6.45, 7) is 4.28. The van der Waals surface area contributed by atoms with E-state index in [1.54, 1.807) is 0 Å². The third-order valence-corrected chi connectivity index (χ3v) is 5.69. The third kappa shape index (κ3) is 11.6. The number of rotatable bonds is 16. The van der Waals surface area contributed by atoms with Crippen molar-refractivity contribution in [1.29, 1.82) is 0 Å². The molecule has 2 rings (SSSR count). The molecule has 6 heteroatoms. The molecule has 35 heavy (non-hydrogen) atoms. The van der Waals surface area contributed by atoms with E-state index in [1.807, 2.05) is 60.7 Å². The summed E-state index contributed by atoms with van der Waals surface area (Å²) in [5, 5.41) is 8.77. The maximum absolute atomic E-state index is 12.2. The number of hydrogen-bond donors (Lipinski definition) is 2. The number of hydrazone groups is 2. The van der Waals surface area contributed by atoms with Crippen molar-refractivity contribution in [1.82, 2.24) is 10.9 Å². The lowest BCUT2D eigenvalue weighted by Gasteiger charge is -2.08. The summed E-state index contributed by atoms with van der Waals surface area (Å²) in [6, 6.07) is 19.9. The van der Waals surface area contributed by atoms with Crippen molar-refractivity contribution in [2.75, 3.05) is 0 Å². The molecule has 0 fully saturated rings. The van der Waals surface area contributed by atoms with Crippen molar-refractivity contribution in [2.45, 2.75) is 84.5 Å². The van der Waals surface area contributed by atoms with E-state index in [0.29, 0.717) is 12.8 Å². The summed E-state index contributed by atoms with van der Waals surface area (Å²) in [5.74, 6) is -0.181. The van der Waals surface area contributed by atoms with Crippen LogP contribution < -0.4 is 10.9 Å². The van der Waals surface area contributed by atoms with Crippen molar-refractivity contribution in [2.24, 2.45) is 10.2 Å². The van der Waals surface area contributed by atoms with E-state index in [-0.39, 0.29) is 11.8 Å². The van der Waals surface area contributed by atoms with Gasteiger partial charge in [0.25, 0.3) is 0 Å². The van der Waals surface area contributed by atoms with Crippen LogP contribution in [0.5, 0.6) is 0 Å². The van der Waals surface area contributed by atoms with Gasteiger partial charge in [0.1, 0.15) is 0 Å². The van der Waals surface area contributed by atoms with Crippen LogP contribution >= 0.6 is 0 Å². The average molecular weight is 477 g/mol. The van der Waals surface area contributed by atoms with Crippen LogP contribution in [-0.4, -0.2) is 23.2 Å². The summed E-state index contributed by atoms with van der Waals surface area (Å²) in [6.07, 6.45) is 8.92. The molecule has 0 radical (unpaired) electrons. The maximum atomic E-state index is 12.2. The first-order valence-electron chi connectivity index (χ1n) is 13.0. The molecule has 0 spiro atoms. The van der Waals surface area contributed by atoms with Gasteiger partial charge in [0.15, 0.2) is 0 Å². The Morgan fingerprint density at radius 1 is 0.571 bits per heavy atom. The van der Waals surface area contributed by atoms with Gasteiger partial charge in [-0.05, 0) is 49.7 Å². The highest BCUT2D eigenvalue weighted by atomic mass is 16.2. The fourth-order valence-electron chi connectivity index (χ4n) is 3.60. The number of carbonyl (C=O) groups excluding carboxylic acids is 2. The zero-order chi connectivity index (χ0) is 25.1. The summed E-state index contributed by atoms with van der Waals surface area (Å²) in [4.78, 5) is 24.5. The van der Waals surface area contributed by atoms with Gasteiger partial charge in [-0.2, -0.15) is 10.2 Å². The van der Waals surface area contributed by atoms with Gasteiger partial charge in [-0.3, -0.25) is 9.59 Å². The standard InChI is InChI=1S/C29H40N4O2/c1-3-5-20-26(24-16-10-7-11-17-24)30-32-28(34)22-14-9-15-23-29(35)33-31-27(21-6-4-2)25-18-12-8-13-19-25/h7-8,10-13,16-19H,3-6,9,14-15,20-23H2,1-2H3,(H,32,34)(H,33,35). The van der Waals surface area contributed by atoms with Crippen molar-refractivity contribution in [3.63, 3.8) is 0 Å². The molecular weight excluding hydrogens is 436 g/mol. The highest BCUT2D eigenvalue weighted by Crippen LogP contribution is 2.10. The van der Waals surface area contributed by atoms with E-state index in [4.69, 9.17) is 0 Å². The van der Waals surface area contributed by atoms with Crippen molar-refractivity contribution < 1.29 is 9.59 Å². The fourth-order valence-corrected chi connectivity index (χ4v) is 3.60. The first kappa shape index (κ1) is 28.0. The molecule has 0 unspecified atom stereocenters. The van der Waals surface area contributed by atoms with Crippen LogP contribution in [-0.2, 0) is 9.59 Å². The monoisotopic (exact) mass is 476 g/mol. The van der Waals surface area contributed by atoms with E-state index in [2.05, 4.69) is 34.9 Å². The Labute approximate surface area is 210 Å². The Hall–Kier alpha value is -3.28. The van der Waals surface area contributed by atoms with E-state index < -0.39 is 0 Å². The fraction of sp³-hybridized carbons (Fsp3) is 0.448. The van der Waals surface area contributed by atoms with Gasteiger partial charge < -0.3 is 0 Å². The molecule has 2 aromatic carbocycles. The number of amides is 2. The Morgan fingerprint density at radius 2 is 0.971 bits per heavy atom. The summed E-state index contributed by atoms with van der Waals surface area (Å²) in [5.41, 5.74) is 9.32. The van der Waals surface area contributed by atoms with Gasteiger partial charge >= 0.3 is 0 Å². The Bertz CT molecular complexity index is 862. The molecular formula is C29H40N4O2. The van der Waals surface area contributed by atoms with Crippen LogP contribution in [0, 0.1) is 0 Å². The lowest BCUT2D eigenvalue weighted by atomic mass is 10.1. The molecule has 188 valence electrons. The van der Waals surface area contributed by atoms with Crippen LogP contribution in [0.4, 0.5) is 0 Å². The quantitative estimate of drug-likeness (QED) is 0.168. The maximum Gasteiger partial charge on any atom is 0.240 e. The molecule has 0 aromatic heterocycles. The van der Waals surface area contributed by atoms with Gasteiger partial charge in [-0.15, -0.1) is 0 Å². The zero-order valence-electron chi connectivity index (χ0n) is 21.3. The molecule has 0 heterocycles. The van der Waals surface area contributed by atoms with Crippen LogP contribution in [0.1, 0.15) is 95.6 Å². The summed E-state index contributed by atoms with van der Waals surface area (Å²) in [7, 11) is 0. The summed E-state index contributed by atoms with van der Waals surface area (Å²) < 4.78 is 0. The minimum atomic E-state index is -0.0904. The molecule has 2 amide bonds. The lowest BCUT2D eigenvalue weighted by molar-refractivity contribution is -0.121. The lowest BCUT2D eigenvalue weighted by Crippen LogP contribution is -2.20. The number of hydrogen-bond acceptors (Lipinski definition) is 4. The van der Waals surface area contributed by atoms with Gasteiger partial charge in [-0.25, -0.2) is 10.9 Å². The van der Waals surface area contributed by atoms with E-state index in [0.717, 1.165) is 80.3 Å². The minimum Gasteiger partial charge on any atom is -0.273 e. The highest BCUT2D eigenvalue weighted by molar-refractivity contribution is 6.01. The molecule has 0 aliphatic rings. The SMILES string of the molecule is CCCCC(=NNC(=O)CCCCCC(=O)NN=C(CCCC)c1ccccc1)c1ccccc1. The summed E-state index contributed by atoms with van der Waals surface area (Å²) >= 11 is 0. The predicted molar refractivity (Wildman–Crippen MR) is 144 cm³/mol. The molecule has 0 bridgehead atoms. The number of nitrogens with one attached hydrogen (secondary N) is 2. The van der Waals surface area contributed by atoms with E-state index in [9.17, 15) is 9.59 Å². The smallest absolute Gasteiger partial charge is 0.240 e. The minimum absolute atomic E-state index is 0.0904. The second-order valence-electron chi connectivity index (χ2n) is 8.69. The van der Waals surface area contributed by atoms with Crippen LogP contribution in [0.2, 0.25) is 0 Å². The molecule has 6 nitrogen and oxygen atoms in total. The van der Waals surface area contributed by atoms with Gasteiger partial charge in [-0.1, -0.05) is 93.8 Å². The second kappa shape index (κ2) is 17.2. The molecule has 0 aliphatic carbocycles. The van der Waals surface area contributed by atoms with Crippen molar-refractivity contribution >= 4 is 23.2 Å². The Morgan fingerprint density at radius 3 is 1.34 bits per heavy atom. The van der Waals surface area contributed by atoms with Crippen LogP contribution in [0.15, 0.2) is 70.9 Å². The highest BCUT2D eigenvalue weighted by Gasteiger charge is 2.07. The molecule has 0 saturated heterocycles. The first-order chi connectivity index (χ1) is 17.1. The number of nitrogens with zero attached hydrogens (tertiary/aromatic N) is 2. The third-order valence-electron chi connectivity index (χ3n) is 5.69. The molecule has 2 N–H and O–H groups in total. The van der Waals surface area contributed by atoms with E-state index in [1.165, 1.54) is 0 Å². The molecule has 0 atom stereocenters. The van der Waals surface area contributed by atoms with Gasteiger partial charge in [0.2, 0.25) is 11.8 Å². The normalized spacial score (nSPS) is 11.8. The van der Waals surface area contributed by atoms with Gasteiger partial charge in [0.05, 0.1) is 11.4 Å². The molecule has 2 aromatic rings. The number of benzene rings is 2. The van der Waals surface area contributed by atoms with E-state index >= 15 is 0 Å². The zero-order valence-corrected chi connectivity index (χ0v) is 21.3. The average Bonchev–Trinajstić information content (AvgIpc) is 2.89. The number of unbranched alkanes of at least 4 members (excludes halogenated alkanes) is 4.